The summed E-state index contributed by atoms with van der Waals surface area (Å²) in [5.74, 6) is 0.466. The van der Waals surface area contributed by atoms with E-state index in [1.807, 2.05) is 31.2 Å². The van der Waals surface area contributed by atoms with Crippen LogP contribution in [0.3, 0.4) is 0 Å². The molecule has 1 heterocycles. The molecule has 0 amide bonds. The van der Waals surface area contributed by atoms with Crippen LogP contribution in [-0.4, -0.2) is 4.98 Å². The molecule has 3 heteroatoms. The lowest BCUT2D eigenvalue weighted by molar-refractivity contribution is 1.08. The van der Waals surface area contributed by atoms with Crippen molar-refractivity contribution >= 4 is 22.5 Å². The van der Waals surface area contributed by atoms with Crippen molar-refractivity contribution in [1.29, 1.82) is 0 Å². The molecule has 0 aliphatic heterocycles. The number of pyridine rings is 1. The Kier molecular flexibility index (Phi) is 2.78. The predicted octanol–water partition coefficient (Wildman–Crippen LogP) is 2.83. The molecule has 15 heavy (non-hydrogen) atoms. The summed E-state index contributed by atoms with van der Waals surface area (Å²) in [5, 5.41) is 1.06. The smallest absolute Gasteiger partial charge is 0.251 e. The lowest BCUT2D eigenvalue weighted by Gasteiger charge is -2.02. The molecule has 0 unspecified atom stereocenters. The van der Waals surface area contributed by atoms with Gasteiger partial charge in [-0.2, -0.15) is 0 Å². The summed E-state index contributed by atoms with van der Waals surface area (Å²) in [4.78, 5) is 14.4. The van der Waals surface area contributed by atoms with Gasteiger partial charge in [-0.1, -0.05) is 19.1 Å². The monoisotopic (exact) mass is 221 g/mol. The molecular formula is C12H12ClNO. The highest BCUT2D eigenvalue weighted by molar-refractivity contribution is 6.17. The van der Waals surface area contributed by atoms with Crippen LogP contribution in [0.15, 0.2) is 29.1 Å². The fraction of sp³-hybridized carbons (Fsp3) is 0.250. The number of nitrogens with one attached hydrogen (secondary N) is 1. The largest absolute Gasteiger partial charge is 0.322 e. The maximum atomic E-state index is 11.6. The van der Waals surface area contributed by atoms with Gasteiger partial charge >= 0.3 is 0 Å². The number of alkyl halides is 1. The fourth-order valence-corrected chi connectivity index (χ4v) is 1.81. The van der Waals surface area contributed by atoms with Gasteiger partial charge in [-0.15, -0.1) is 11.6 Å². The number of hydrogen-bond donors (Lipinski definition) is 1. The molecule has 78 valence electrons. The predicted molar refractivity (Wildman–Crippen MR) is 63.5 cm³/mol. The van der Waals surface area contributed by atoms with Crippen LogP contribution in [0.25, 0.3) is 10.9 Å². The Balaban J connectivity index is 2.70. The second-order valence-electron chi connectivity index (χ2n) is 3.53. The molecule has 0 fully saturated rings. The molecule has 1 aromatic carbocycles. The van der Waals surface area contributed by atoms with Crippen LogP contribution in [-0.2, 0) is 12.3 Å². The van der Waals surface area contributed by atoms with Crippen LogP contribution in [0.5, 0.6) is 0 Å². The van der Waals surface area contributed by atoms with E-state index in [9.17, 15) is 4.79 Å². The molecule has 0 bridgehead atoms. The third kappa shape index (κ3) is 1.90. The van der Waals surface area contributed by atoms with Crippen LogP contribution < -0.4 is 5.56 Å². The van der Waals surface area contributed by atoms with Gasteiger partial charge in [-0.3, -0.25) is 4.79 Å². The summed E-state index contributed by atoms with van der Waals surface area (Å²) in [5.41, 5.74) is 2.69. The van der Waals surface area contributed by atoms with Gasteiger partial charge in [0.2, 0.25) is 0 Å². The maximum absolute atomic E-state index is 11.6. The Morgan fingerprint density at radius 1 is 1.33 bits per heavy atom. The minimum atomic E-state index is -0.00303. The van der Waals surface area contributed by atoms with Gasteiger partial charge in [0.05, 0.1) is 0 Å². The molecule has 0 spiro atoms. The van der Waals surface area contributed by atoms with Gasteiger partial charge in [-0.05, 0) is 29.5 Å². The van der Waals surface area contributed by atoms with E-state index < -0.39 is 0 Å². The Morgan fingerprint density at radius 2 is 2.13 bits per heavy atom. The molecule has 2 aromatic rings. The quantitative estimate of drug-likeness (QED) is 0.778. The first-order valence-corrected chi connectivity index (χ1v) is 5.49. The van der Waals surface area contributed by atoms with Gasteiger partial charge in [0.15, 0.2) is 0 Å². The van der Waals surface area contributed by atoms with E-state index in [1.54, 1.807) is 0 Å². The summed E-state index contributed by atoms with van der Waals surface area (Å²) in [6.45, 7) is 1.98. The standard InChI is InChI=1S/C12H12ClNO/c1-2-9-6-10-4-3-8(7-13)5-11(10)14-12(9)15/h3-6H,2,7H2,1H3,(H,14,15). The van der Waals surface area contributed by atoms with Crippen LogP contribution in [0.2, 0.25) is 0 Å². The first-order chi connectivity index (χ1) is 7.24. The summed E-state index contributed by atoms with van der Waals surface area (Å²) in [7, 11) is 0. The molecule has 0 aliphatic carbocycles. The van der Waals surface area contributed by atoms with E-state index >= 15 is 0 Å². The van der Waals surface area contributed by atoms with Crippen molar-refractivity contribution in [2.45, 2.75) is 19.2 Å². The van der Waals surface area contributed by atoms with Crippen molar-refractivity contribution in [2.24, 2.45) is 0 Å². The first kappa shape index (κ1) is 10.2. The lowest BCUT2D eigenvalue weighted by Crippen LogP contribution is -2.11. The molecule has 2 nitrogen and oxygen atoms in total. The Hall–Kier alpha value is -1.28. The molecule has 0 saturated heterocycles. The minimum absolute atomic E-state index is 0.00303. The second kappa shape index (κ2) is 4.07. The molecule has 0 saturated carbocycles. The number of aromatic amines is 1. The first-order valence-electron chi connectivity index (χ1n) is 4.95. The number of fused-ring (bicyclic) bond motifs is 1. The van der Waals surface area contributed by atoms with Crippen molar-refractivity contribution < 1.29 is 0 Å². The highest BCUT2D eigenvalue weighted by atomic mass is 35.5. The van der Waals surface area contributed by atoms with E-state index in [-0.39, 0.29) is 5.56 Å². The van der Waals surface area contributed by atoms with Gasteiger partial charge in [-0.25, -0.2) is 0 Å². The van der Waals surface area contributed by atoms with Gasteiger partial charge in [0, 0.05) is 17.0 Å². The summed E-state index contributed by atoms with van der Waals surface area (Å²) < 4.78 is 0. The molecule has 0 aliphatic rings. The molecule has 2 rings (SSSR count). The number of H-pyrrole nitrogens is 1. The van der Waals surface area contributed by atoms with Crippen LogP contribution >= 0.6 is 11.6 Å². The van der Waals surface area contributed by atoms with E-state index in [2.05, 4.69) is 4.98 Å². The molecular weight excluding hydrogens is 210 g/mol. The van der Waals surface area contributed by atoms with Crippen molar-refractivity contribution in [3.05, 3.63) is 45.7 Å². The highest BCUT2D eigenvalue weighted by Crippen LogP contribution is 2.14. The zero-order chi connectivity index (χ0) is 10.8. The Morgan fingerprint density at radius 3 is 2.80 bits per heavy atom. The zero-order valence-corrected chi connectivity index (χ0v) is 9.27. The Bertz CT molecular complexity index is 545. The third-order valence-corrected chi connectivity index (χ3v) is 2.83. The van der Waals surface area contributed by atoms with Crippen LogP contribution in [0.4, 0.5) is 0 Å². The minimum Gasteiger partial charge on any atom is -0.322 e. The zero-order valence-electron chi connectivity index (χ0n) is 8.51. The van der Waals surface area contributed by atoms with Crippen molar-refractivity contribution in [2.75, 3.05) is 0 Å². The number of aromatic nitrogens is 1. The normalized spacial score (nSPS) is 10.8. The molecule has 0 atom stereocenters. The van der Waals surface area contributed by atoms with Crippen molar-refractivity contribution in [1.82, 2.24) is 4.98 Å². The fourth-order valence-electron chi connectivity index (χ4n) is 1.64. The Labute approximate surface area is 92.9 Å². The lowest BCUT2D eigenvalue weighted by atomic mass is 10.1. The number of halogens is 1. The maximum Gasteiger partial charge on any atom is 0.251 e. The number of benzene rings is 1. The second-order valence-corrected chi connectivity index (χ2v) is 3.80. The van der Waals surface area contributed by atoms with E-state index in [0.29, 0.717) is 5.88 Å². The average Bonchev–Trinajstić information content (AvgIpc) is 2.27. The van der Waals surface area contributed by atoms with Gasteiger partial charge < -0.3 is 4.98 Å². The summed E-state index contributed by atoms with van der Waals surface area (Å²) in [6.07, 6.45) is 0.753. The van der Waals surface area contributed by atoms with E-state index in [0.717, 1.165) is 28.5 Å². The van der Waals surface area contributed by atoms with E-state index in [1.165, 1.54) is 0 Å². The van der Waals surface area contributed by atoms with Crippen molar-refractivity contribution in [3.8, 4) is 0 Å². The average molecular weight is 222 g/mol. The van der Waals surface area contributed by atoms with Crippen LogP contribution in [0.1, 0.15) is 18.1 Å². The van der Waals surface area contributed by atoms with Gasteiger partial charge in [0.1, 0.15) is 0 Å². The number of hydrogen-bond acceptors (Lipinski definition) is 1. The summed E-state index contributed by atoms with van der Waals surface area (Å²) in [6, 6.07) is 7.82. The topological polar surface area (TPSA) is 32.9 Å². The van der Waals surface area contributed by atoms with Gasteiger partial charge in [0.25, 0.3) is 5.56 Å². The number of rotatable bonds is 2. The number of aryl methyl sites for hydroxylation is 1. The van der Waals surface area contributed by atoms with Crippen LogP contribution in [0, 0.1) is 0 Å². The molecule has 1 aromatic heterocycles. The highest BCUT2D eigenvalue weighted by Gasteiger charge is 2.01. The van der Waals surface area contributed by atoms with E-state index in [4.69, 9.17) is 11.6 Å². The SMILES string of the molecule is CCc1cc2ccc(CCl)cc2[nH]c1=O. The van der Waals surface area contributed by atoms with Crippen molar-refractivity contribution in [3.63, 3.8) is 0 Å². The third-order valence-electron chi connectivity index (χ3n) is 2.52. The summed E-state index contributed by atoms with van der Waals surface area (Å²) >= 11 is 5.73. The molecule has 0 radical (unpaired) electrons. The molecule has 1 N–H and O–H groups in total.